The largest absolute Gasteiger partial charge is 0.382 e. The molecule has 1 saturated heterocycles. The molecule has 4 heterocycles. The highest BCUT2D eigenvalue weighted by molar-refractivity contribution is 7.92. The maximum absolute atomic E-state index is 12.9. The summed E-state index contributed by atoms with van der Waals surface area (Å²) < 4.78 is 31.4. The maximum atomic E-state index is 12.9. The molecule has 1 aliphatic rings. The van der Waals surface area contributed by atoms with Gasteiger partial charge in [-0.05, 0) is 55.5 Å². The van der Waals surface area contributed by atoms with Crippen LogP contribution in [0.15, 0.2) is 57.4 Å². The van der Waals surface area contributed by atoms with Crippen LogP contribution in [0.2, 0.25) is 0 Å². The summed E-state index contributed by atoms with van der Waals surface area (Å²) in [6.07, 6.45) is 3.10. The number of nitrogen functional groups attached to an aromatic ring is 1. The SMILES string of the molecule is Cc1ccsc1-c1cc(-c2nc(-c3ccc(S(=O)(=O)C4CCCNC4)cc3)cnc2N)on1. The highest BCUT2D eigenvalue weighted by Crippen LogP contribution is 2.33. The van der Waals surface area contributed by atoms with Crippen LogP contribution in [0, 0.1) is 6.92 Å². The summed E-state index contributed by atoms with van der Waals surface area (Å²) in [5.74, 6) is 0.655. The van der Waals surface area contributed by atoms with E-state index in [1.807, 2.05) is 18.4 Å². The zero-order valence-corrected chi connectivity index (χ0v) is 19.6. The molecule has 0 radical (unpaired) electrons. The summed E-state index contributed by atoms with van der Waals surface area (Å²) in [7, 11) is -3.38. The quantitative estimate of drug-likeness (QED) is 0.439. The molecule has 0 amide bonds. The number of nitrogens with two attached hydrogens (primary N) is 1. The van der Waals surface area contributed by atoms with Crippen LogP contribution in [0.3, 0.4) is 0 Å². The van der Waals surface area contributed by atoms with Gasteiger partial charge in [0.05, 0.1) is 26.9 Å². The van der Waals surface area contributed by atoms with Gasteiger partial charge in [-0.1, -0.05) is 17.3 Å². The number of thiophene rings is 1. The normalized spacial score (nSPS) is 16.7. The minimum atomic E-state index is -3.38. The Labute approximate surface area is 195 Å². The molecule has 170 valence electrons. The van der Waals surface area contributed by atoms with Crippen molar-refractivity contribution in [2.24, 2.45) is 0 Å². The molecule has 8 nitrogen and oxygen atoms in total. The van der Waals surface area contributed by atoms with Crippen LogP contribution < -0.4 is 11.1 Å². The molecule has 10 heteroatoms. The lowest BCUT2D eigenvalue weighted by atomic mass is 10.1. The summed E-state index contributed by atoms with van der Waals surface area (Å²) in [4.78, 5) is 10.2. The van der Waals surface area contributed by atoms with Gasteiger partial charge >= 0.3 is 0 Å². The van der Waals surface area contributed by atoms with Crippen LogP contribution in [0.1, 0.15) is 18.4 Å². The third-order valence-corrected chi connectivity index (χ3v) is 9.06. The topological polar surface area (TPSA) is 124 Å². The number of nitrogens with zero attached hydrogens (tertiary/aromatic N) is 3. The maximum Gasteiger partial charge on any atom is 0.189 e. The van der Waals surface area contributed by atoms with E-state index in [1.165, 1.54) is 0 Å². The van der Waals surface area contributed by atoms with Crippen molar-refractivity contribution in [2.45, 2.75) is 29.9 Å². The Hall–Kier alpha value is -3.08. The van der Waals surface area contributed by atoms with Gasteiger partial charge in [-0.3, -0.25) is 0 Å². The smallest absolute Gasteiger partial charge is 0.189 e. The van der Waals surface area contributed by atoms with Crippen LogP contribution in [0.25, 0.3) is 33.3 Å². The average molecular weight is 482 g/mol. The number of aryl methyl sites for hydroxylation is 1. The Morgan fingerprint density at radius 2 is 2.00 bits per heavy atom. The number of anilines is 1. The van der Waals surface area contributed by atoms with Crippen molar-refractivity contribution in [3.63, 3.8) is 0 Å². The van der Waals surface area contributed by atoms with Crippen molar-refractivity contribution in [3.8, 4) is 33.3 Å². The molecule has 3 aromatic heterocycles. The van der Waals surface area contributed by atoms with E-state index in [0.29, 0.717) is 35.0 Å². The minimum absolute atomic E-state index is 0.230. The third-order valence-electron chi connectivity index (χ3n) is 5.81. The Kier molecular flexibility index (Phi) is 5.73. The zero-order chi connectivity index (χ0) is 23.0. The van der Waals surface area contributed by atoms with Crippen LogP contribution in [-0.2, 0) is 9.84 Å². The van der Waals surface area contributed by atoms with E-state index >= 15 is 0 Å². The number of piperidine rings is 1. The van der Waals surface area contributed by atoms with E-state index in [9.17, 15) is 8.42 Å². The molecular weight excluding hydrogens is 458 g/mol. The van der Waals surface area contributed by atoms with Gasteiger partial charge in [-0.15, -0.1) is 11.3 Å². The molecule has 4 aromatic rings. The van der Waals surface area contributed by atoms with Crippen molar-refractivity contribution in [1.29, 1.82) is 0 Å². The molecule has 33 heavy (non-hydrogen) atoms. The summed E-state index contributed by atoms with van der Waals surface area (Å²) >= 11 is 1.59. The number of benzene rings is 1. The van der Waals surface area contributed by atoms with Gasteiger partial charge in [-0.25, -0.2) is 18.4 Å². The molecule has 3 N–H and O–H groups in total. The lowest BCUT2D eigenvalue weighted by molar-refractivity contribution is 0.434. The Balaban J connectivity index is 1.44. The fraction of sp³-hybridized carbons (Fsp3) is 0.261. The second-order valence-electron chi connectivity index (χ2n) is 8.04. The third kappa shape index (κ3) is 4.17. The first kappa shape index (κ1) is 21.7. The van der Waals surface area contributed by atoms with Crippen molar-refractivity contribution in [1.82, 2.24) is 20.4 Å². The number of aromatic nitrogens is 3. The first-order valence-corrected chi connectivity index (χ1v) is 13.0. The van der Waals surface area contributed by atoms with Crippen molar-refractivity contribution >= 4 is 27.0 Å². The Bertz CT molecular complexity index is 1390. The van der Waals surface area contributed by atoms with Gasteiger partial charge in [0.2, 0.25) is 0 Å². The van der Waals surface area contributed by atoms with Crippen molar-refractivity contribution in [2.75, 3.05) is 18.8 Å². The highest BCUT2D eigenvalue weighted by Gasteiger charge is 2.28. The summed E-state index contributed by atoms with van der Waals surface area (Å²) in [6, 6.07) is 10.6. The lowest BCUT2D eigenvalue weighted by Gasteiger charge is -2.22. The van der Waals surface area contributed by atoms with Crippen LogP contribution in [-0.4, -0.2) is 41.9 Å². The average Bonchev–Trinajstić information content (AvgIpc) is 3.49. The Morgan fingerprint density at radius 1 is 1.18 bits per heavy atom. The molecule has 0 spiro atoms. The molecule has 1 unspecified atom stereocenters. The molecule has 1 aliphatic heterocycles. The van der Waals surface area contributed by atoms with Crippen LogP contribution in [0.5, 0.6) is 0 Å². The number of sulfone groups is 1. The second-order valence-corrected chi connectivity index (χ2v) is 11.2. The molecule has 1 aromatic carbocycles. The number of hydrogen-bond donors (Lipinski definition) is 2. The highest BCUT2D eigenvalue weighted by atomic mass is 32.2. The molecule has 0 saturated carbocycles. The fourth-order valence-corrected chi connectivity index (χ4v) is 6.53. The number of hydrogen-bond acceptors (Lipinski definition) is 9. The van der Waals surface area contributed by atoms with Crippen molar-refractivity contribution in [3.05, 3.63) is 53.5 Å². The molecule has 0 aliphatic carbocycles. The predicted octanol–water partition coefficient (Wildman–Crippen LogP) is 3.94. The molecule has 0 bridgehead atoms. The van der Waals surface area contributed by atoms with E-state index in [1.54, 1.807) is 47.9 Å². The molecular formula is C23H23N5O3S2. The van der Waals surface area contributed by atoms with E-state index < -0.39 is 15.1 Å². The first-order chi connectivity index (χ1) is 15.9. The Morgan fingerprint density at radius 3 is 2.70 bits per heavy atom. The minimum Gasteiger partial charge on any atom is -0.382 e. The first-order valence-electron chi connectivity index (χ1n) is 10.6. The monoisotopic (exact) mass is 481 g/mol. The van der Waals surface area contributed by atoms with Crippen molar-refractivity contribution < 1.29 is 12.9 Å². The summed E-state index contributed by atoms with van der Waals surface area (Å²) in [6.45, 7) is 3.37. The zero-order valence-electron chi connectivity index (χ0n) is 18.0. The molecule has 1 atom stereocenters. The van der Waals surface area contributed by atoms with Crippen LogP contribution in [0.4, 0.5) is 5.82 Å². The second kappa shape index (κ2) is 8.69. The number of rotatable bonds is 5. The van der Waals surface area contributed by atoms with Gasteiger partial charge in [0, 0.05) is 18.2 Å². The van der Waals surface area contributed by atoms with E-state index in [4.69, 9.17) is 10.3 Å². The lowest BCUT2D eigenvalue weighted by Crippen LogP contribution is -2.38. The van der Waals surface area contributed by atoms with E-state index in [0.717, 1.165) is 34.7 Å². The van der Waals surface area contributed by atoms with Gasteiger partial charge in [0.1, 0.15) is 5.69 Å². The number of nitrogens with one attached hydrogen (secondary N) is 1. The summed E-state index contributed by atoms with van der Waals surface area (Å²) in [5.41, 5.74) is 9.60. The standard InChI is InChI=1S/C23H23N5O3S2/c1-14-8-10-32-22(14)18-11-20(31-28-18)21-23(24)26-13-19(27-21)15-4-6-16(7-5-15)33(29,30)17-3-2-9-25-12-17/h4-8,10-11,13,17,25H,2-3,9,12H2,1H3,(H2,24,26). The molecule has 1 fully saturated rings. The van der Waals surface area contributed by atoms with E-state index in [-0.39, 0.29) is 5.82 Å². The van der Waals surface area contributed by atoms with Gasteiger partial charge in [0.15, 0.2) is 27.1 Å². The van der Waals surface area contributed by atoms with E-state index in [2.05, 4.69) is 20.4 Å². The summed E-state index contributed by atoms with van der Waals surface area (Å²) in [5, 5.41) is 8.94. The molecule has 5 rings (SSSR count). The van der Waals surface area contributed by atoms with Gasteiger partial charge in [0.25, 0.3) is 0 Å². The fourth-order valence-electron chi connectivity index (χ4n) is 3.94. The van der Waals surface area contributed by atoms with Gasteiger partial charge in [-0.2, -0.15) is 0 Å². The van der Waals surface area contributed by atoms with Crippen LogP contribution >= 0.6 is 11.3 Å². The van der Waals surface area contributed by atoms with Gasteiger partial charge < -0.3 is 15.6 Å². The predicted molar refractivity (Wildman–Crippen MR) is 129 cm³/mol.